The molecular formula is C19H17N3OS. The van der Waals surface area contributed by atoms with E-state index in [1.54, 1.807) is 0 Å². The summed E-state index contributed by atoms with van der Waals surface area (Å²) in [6, 6.07) is 18.7. The molecular weight excluding hydrogens is 318 g/mol. The zero-order valence-corrected chi connectivity index (χ0v) is 13.9. The van der Waals surface area contributed by atoms with E-state index in [2.05, 4.69) is 52.2 Å². The molecule has 4 nitrogen and oxygen atoms in total. The lowest BCUT2D eigenvalue weighted by atomic mass is 10.1. The lowest BCUT2D eigenvalue weighted by molar-refractivity contribution is -0.117. The number of hydrogen-bond acceptors (Lipinski definition) is 3. The summed E-state index contributed by atoms with van der Waals surface area (Å²) in [5, 5.41) is 1.35. The van der Waals surface area contributed by atoms with Gasteiger partial charge >= 0.3 is 0 Å². The number of amides is 1. The zero-order chi connectivity index (χ0) is 16.5. The first-order valence-electron chi connectivity index (χ1n) is 7.86. The van der Waals surface area contributed by atoms with Gasteiger partial charge < -0.3 is 10.3 Å². The molecule has 1 aromatic heterocycles. The molecule has 0 saturated carbocycles. The number of nitrogens with zero attached hydrogens (tertiary/aromatic N) is 2. The topological polar surface area (TPSA) is 60.4 Å². The van der Waals surface area contributed by atoms with E-state index in [1.165, 1.54) is 28.2 Å². The van der Waals surface area contributed by atoms with Crippen molar-refractivity contribution in [3.8, 4) is 0 Å². The maximum Gasteiger partial charge on any atom is 0.261 e. The van der Waals surface area contributed by atoms with E-state index in [0.29, 0.717) is 11.6 Å². The molecule has 1 unspecified atom stereocenters. The number of amidine groups is 1. The van der Waals surface area contributed by atoms with Crippen LogP contribution < -0.4 is 5.73 Å². The highest BCUT2D eigenvalue weighted by atomic mass is 32.2. The SMILES string of the molecule is NC1=NC(=O)C(Cc2cn(Cc3ccccc3)c3ccccc23)S1. The molecule has 0 saturated heterocycles. The minimum absolute atomic E-state index is 0.127. The minimum Gasteiger partial charge on any atom is -0.378 e. The standard InChI is InChI=1S/C19H17N3OS/c20-19-21-18(23)17(24-19)10-14-12-22(11-13-6-2-1-3-7-13)16-9-5-4-8-15(14)16/h1-9,12,17H,10-11H2,(H2,20,21,23). The first-order valence-corrected chi connectivity index (χ1v) is 8.74. The normalized spacial score (nSPS) is 17.4. The molecule has 1 atom stereocenters. The molecule has 1 aliphatic heterocycles. The van der Waals surface area contributed by atoms with Gasteiger partial charge in [0.1, 0.15) is 0 Å². The Labute approximate surface area is 144 Å². The van der Waals surface area contributed by atoms with Crippen molar-refractivity contribution in [3.63, 3.8) is 0 Å². The first-order chi connectivity index (χ1) is 11.7. The fourth-order valence-electron chi connectivity index (χ4n) is 3.13. The van der Waals surface area contributed by atoms with Crippen LogP contribution in [0.1, 0.15) is 11.1 Å². The van der Waals surface area contributed by atoms with Crippen LogP contribution in [0.2, 0.25) is 0 Å². The predicted octanol–water partition coefficient (Wildman–Crippen LogP) is 3.19. The van der Waals surface area contributed by atoms with Crippen LogP contribution >= 0.6 is 11.8 Å². The Kier molecular flexibility index (Phi) is 3.86. The molecule has 5 heteroatoms. The Morgan fingerprint density at radius 2 is 1.83 bits per heavy atom. The van der Waals surface area contributed by atoms with Crippen LogP contribution in [0.3, 0.4) is 0 Å². The first kappa shape index (κ1) is 15.0. The van der Waals surface area contributed by atoms with Crippen LogP contribution in [-0.2, 0) is 17.8 Å². The number of nitrogens with two attached hydrogens (primary N) is 1. The summed E-state index contributed by atoms with van der Waals surface area (Å²) in [7, 11) is 0. The van der Waals surface area contributed by atoms with Gasteiger partial charge in [-0.25, -0.2) is 0 Å². The Morgan fingerprint density at radius 1 is 1.08 bits per heavy atom. The van der Waals surface area contributed by atoms with E-state index in [9.17, 15) is 4.79 Å². The Bertz CT molecular complexity index is 930. The van der Waals surface area contributed by atoms with Crippen molar-refractivity contribution in [2.45, 2.75) is 18.2 Å². The molecule has 0 aliphatic carbocycles. The largest absolute Gasteiger partial charge is 0.378 e. The van der Waals surface area contributed by atoms with Crippen molar-refractivity contribution in [3.05, 3.63) is 71.9 Å². The average molecular weight is 335 g/mol. The lowest BCUT2D eigenvalue weighted by Gasteiger charge is -2.05. The molecule has 0 radical (unpaired) electrons. The van der Waals surface area contributed by atoms with Crippen molar-refractivity contribution < 1.29 is 4.79 Å². The number of benzene rings is 2. The third-order valence-corrected chi connectivity index (χ3v) is 5.22. The second-order valence-electron chi connectivity index (χ2n) is 5.88. The molecule has 0 bridgehead atoms. The van der Waals surface area contributed by atoms with Crippen LogP contribution in [0.4, 0.5) is 0 Å². The highest BCUT2D eigenvalue weighted by Crippen LogP contribution is 2.29. The molecule has 120 valence electrons. The second-order valence-corrected chi connectivity index (χ2v) is 7.11. The molecule has 1 aliphatic rings. The fraction of sp³-hybridized carbons (Fsp3) is 0.158. The van der Waals surface area contributed by atoms with Gasteiger partial charge in [0.15, 0.2) is 5.17 Å². The predicted molar refractivity (Wildman–Crippen MR) is 99.2 cm³/mol. The van der Waals surface area contributed by atoms with Gasteiger partial charge in [-0.3, -0.25) is 4.79 Å². The van der Waals surface area contributed by atoms with E-state index in [4.69, 9.17) is 5.73 Å². The lowest BCUT2D eigenvalue weighted by Crippen LogP contribution is -2.14. The number of para-hydroxylation sites is 1. The van der Waals surface area contributed by atoms with Crippen LogP contribution in [-0.4, -0.2) is 20.9 Å². The smallest absolute Gasteiger partial charge is 0.261 e. The van der Waals surface area contributed by atoms with Crippen LogP contribution in [0, 0.1) is 0 Å². The molecule has 2 N–H and O–H groups in total. The summed E-state index contributed by atoms with van der Waals surface area (Å²) in [5.41, 5.74) is 9.27. The average Bonchev–Trinajstić information content (AvgIpc) is 3.09. The van der Waals surface area contributed by atoms with Crippen LogP contribution in [0.25, 0.3) is 10.9 Å². The summed E-state index contributed by atoms with van der Waals surface area (Å²) in [6.07, 6.45) is 2.80. The Morgan fingerprint density at radius 3 is 2.58 bits per heavy atom. The maximum atomic E-state index is 11.9. The van der Waals surface area contributed by atoms with E-state index in [0.717, 1.165) is 12.1 Å². The Balaban J connectivity index is 1.68. The van der Waals surface area contributed by atoms with Gasteiger partial charge in [0.2, 0.25) is 0 Å². The number of rotatable bonds is 4. The van der Waals surface area contributed by atoms with Gasteiger partial charge in [-0.15, -0.1) is 0 Å². The van der Waals surface area contributed by atoms with Crippen LogP contribution in [0.5, 0.6) is 0 Å². The van der Waals surface area contributed by atoms with E-state index in [-0.39, 0.29) is 11.2 Å². The van der Waals surface area contributed by atoms with Crippen molar-refractivity contribution in [1.82, 2.24) is 4.57 Å². The van der Waals surface area contributed by atoms with Crippen molar-refractivity contribution in [1.29, 1.82) is 0 Å². The highest BCUT2D eigenvalue weighted by Gasteiger charge is 2.28. The summed E-state index contributed by atoms with van der Waals surface area (Å²) in [5.74, 6) is -0.127. The molecule has 4 rings (SSSR count). The monoisotopic (exact) mass is 335 g/mol. The summed E-state index contributed by atoms with van der Waals surface area (Å²) < 4.78 is 2.24. The maximum absolute atomic E-state index is 11.9. The number of hydrogen-bond donors (Lipinski definition) is 1. The van der Waals surface area contributed by atoms with E-state index < -0.39 is 0 Å². The fourth-order valence-corrected chi connectivity index (χ4v) is 3.98. The van der Waals surface area contributed by atoms with Gasteiger partial charge in [0, 0.05) is 23.6 Å². The minimum atomic E-state index is -0.207. The molecule has 2 aromatic carbocycles. The highest BCUT2D eigenvalue weighted by molar-refractivity contribution is 8.15. The molecule has 0 spiro atoms. The molecule has 2 heterocycles. The van der Waals surface area contributed by atoms with Gasteiger partial charge in [-0.05, 0) is 23.6 Å². The number of carbonyl (C=O) groups is 1. The molecule has 3 aromatic rings. The molecule has 24 heavy (non-hydrogen) atoms. The van der Waals surface area contributed by atoms with Gasteiger partial charge in [0.25, 0.3) is 5.91 Å². The number of aromatic nitrogens is 1. The third-order valence-electron chi connectivity index (χ3n) is 4.23. The number of carbonyl (C=O) groups excluding carboxylic acids is 1. The zero-order valence-electron chi connectivity index (χ0n) is 13.1. The van der Waals surface area contributed by atoms with Crippen molar-refractivity contribution in [2.75, 3.05) is 0 Å². The second kappa shape index (κ2) is 6.17. The molecule has 1 amide bonds. The summed E-state index contributed by atoms with van der Waals surface area (Å²) in [4.78, 5) is 15.8. The number of fused-ring (bicyclic) bond motifs is 1. The van der Waals surface area contributed by atoms with E-state index in [1.807, 2.05) is 18.2 Å². The van der Waals surface area contributed by atoms with Gasteiger partial charge in [0.05, 0.1) is 5.25 Å². The van der Waals surface area contributed by atoms with Crippen molar-refractivity contribution >= 4 is 33.7 Å². The molecule has 0 fully saturated rings. The quantitative estimate of drug-likeness (QED) is 0.796. The Hall–Kier alpha value is -2.53. The van der Waals surface area contributed by atoms with E-state index >= 15 is 0 Å². The summed E-state index contributed by atoms with van der Waals surface area (Å²) >= 11 is 1.36. The van der Waals surface area contributed by atoms with Gasteiger partial charge in [-0.2, -0.15) is 4.99 Å². The van der Waals surface area contributed by atoms with Crippen LogP contribution in [0.15, 0.2) is 65.8 Å². The van der Waals surface area contributed by atoms with Gasteiger partial charge in [-0.1, -0.05) is 60.3 Å². The number of thioether (sulfide) groups is 1. The third kappa shape index (κ3) is 2.83. The van der Waals surface area contributed by atoms with Crippen molar-refractivity contribution in [2.24, 2.45) is 10.7 Å². The summed E-state index contributed by atoms with van der Waals surface area (Å²) in [6.45, 7) is 0.811. The number of aliphatic imine (C=N–C) groups is 1.